The summed E-state index contributed by atoms with van der Waals surface area (Å²) in [5, 5.41) is 10.3. The SMILES string of the molecule is CC(=O)NCC(NCCC1CCNCC1)(c1ccncc1)c1ccc2c(c1)OCO2. The highest BCUT2D eigenvalue weighted by Crippen LogP contribution is 2.38. The molecule has 1 saturated heterocycles. The summed E-state index contributed by atoms with van der Waals surface area (Å²) in [5.74, 6) is 2.13. The average Bonchev–Trinajstić information content (AvgIpc) is 3.25. The average molecular weight is 411 g/mol. The Morgan fingerprint density at radius 2 is 1.90 bits per heavy atom. The quantitative estimate of drug-likeness (QED) is 0.619. The van der Waals surface area contributed by atoms with Crippen molar-refractivity contribution >= 4 is 5.91 Å². The minimum atomic E-state index is -0.595. The Balaban J connectivity index is 1.66. The first-order chi connectivity index (χ1) is 14.7. The van der Waals surface area contributed by atoms with Gasteiger partial charge in [0, 0.05) is 25.9 Å². The molecule has 1 unspecified atom stereocenters. The number of pyridine rings is 1. The van der Waals surface area contributed by atoms with E-state index in [1.807, 2.05) is 30.3 Å². The third kappa shape index (κ3) is 4.57. The number of benzene rings is 1. The van der Waals surface area contributed by atoms with E-state index in [-0.39, 0.29) is 12.7 Å². The van der Waals surface area contributed by atoms with Crippen molar-refractivity contribution in [2.24, 2.45) is 5.92 Å². The molecule has 0 saturated carbocycles. The molecule has 3 N–H and O–H groups in total. The van der Waals surface area contributed by atoms with Crippen molar-refractivity contribution in [3.8, 4) is 11.5 Å². The first-order valence-corrected chi connectivity index (χ1v) is 10.7. The van der Waals surface area contributed by atoms with Crippen LogP contribution < -0.4 is 25.4 Å². The van der Waals surface area contributed by atoms with Gasteiger partial charge in [-0.05, 0) is 80.2 Å². The van der Waals surface area contributed by atoms with Crippen LogP contribution in [-0.4, -0.2) is 43.9 Å². The van der Waals surface area contributed by atoms with Crippen LogP contribution in [-0.2, 0) is 10.3 Å². The van der Waals surface area contributed by atoms with Crippen molar-refractivity contribution in [3.63, 3.8) is 0 Å². The lowest BCUT2D eigenvalue weighted by molar-refractivity contribution is -0.119. The van der Waals surface area contributed by atoms with Crippen LogP contribution in [0.15, 0.2) is 42.7 Å². The molecular weight excluding hydrogens is 380 g/mol. The number of ether oxygens (including phenoxy) is 2. The maximum absolute atomic E-state index is 11.9. The van der Waals surface area contributed by atoms with Crippen LogP contribution >= 0.6 is 0 Å². The van der Waals surface area contributed by atoms with E-state index in [1.54, 1.807) is 19.3 Å². The van der Waals surface area contributed by atoms with Crippen LogP contribution in [0.5, 0.6) is 11.5 Å². The molecule has 7 nitrogen and oxygen atoms in total. The van der Waals surface area contributed by atoms with Gasteiger partial charge in [0.2, 0.25) is 12.7 Å². The van der Waals surface area contributed by atoms with Crippen molar-refractivity contribution in [1.29, 1.82) is 0 Å². The molecule has 0 bridgehead atoms. The van der Waals surface area contributed by atoms with Crippen molar-refractivity contribution < 1.29 is 14.3 Å². The van der Waals surface area contributed by atoms with Crippen LogP contribution in [0, 0.1) is 5.92 Å². The number of carbonyl (C=O) groups is 1. The Kier molecular flexibility index (Phi) is 6.50. The molecule has 1 aromatic heterocycles. The molecule has 160 valence electrons. The number of rotatable bonds is 8. The molecule has 2 aliphatic rings. The summed E-state index contributed by atoms with van der Waals surface area (Å²) in [7, 11) is 0. The lowest BCUT2D eigenvalue weighted by Crippen LogP contribution is -2.52. The summed E-state index contributed by atoms with van der Waals surface area (Å²) in [6.07, 6.45) is 7.09. The molecule has 4 rings (SSSR count). The Morgan fingerprint density at radius 1 is 1.13 bits per heavy atom. The molecule has 0 radical (unpaired) electrons. The van der Waals surface area contributed by atoms with Crippen LogP contribution in [0.3, 0.4) is 0 Å². The summed E-state index contributed by atoms with van der Waals surface area (Å²) in [4.78, 5) is 16.1. The normalized spacial score (nSPS) is 18.0. The molecule has 2 aromatic rings. The molecule has 1 fully saturated rings. The highest BCUT2D eigenvalue weighted by atomic mass is 16.7. The van der Waals surface area contributed by atoms with Gasteiger partial charge in [0.15, 0.2) is 11.5 Å². The van der Waals surface area contributed by atoms with Gasteiger partial charge in [-0.25, -0.2) is 0 Å². The highest BCUT2D eigenvalue weighted by molar-refractivity contribution is 5.73. The monoisotopic (exact) mass is 410 g/mol. The first-order valence-electron chi connectivity index (χ1n) is 10.7. The van der Waals surface area contributed by atoms with Gasteiger partial charge in [-0.2, -0.15) is 0 Å². The van der Waals surface area contributed by atoms with Crippen LogP contribution in [0.25, 0.3) is 0 Å². The van der Waals surface area contributed by atoms with Crippen molar-refractivity contribution in [2.75, 3.05) is 33.0 Å². The minimum Gasteiger partial charge on any atom is -0.454 e. The summed E-state index contributed by atoms with van der Waals surface area (Å²) in [6.45, 7) is 5.24. The Hall–Kier alpha value is -2.64. The molecule has 1 aromatic carbocycles. The van der Waals surface area contributed by atoms with E-state index in [1.165, 1.54) is 12.8 Å². The molecule has 0 spiro atoms. The lowest BCUT2D eigenvalue weighted by atomic mass is 9.82. The molecule has 2 aliphatic heterocycles. The largest absolute Gasteiger partial charge is 0.454 e. The van der Waals surface area contributed by atoms with Gasteiger partial charge in [-0.3, -0.25) is 9.78 Å². The zero-order valence-electron chi connectivity index (χ0n) is 17.4. The molecular formula is C23H30N4O3. The molecule has 30 heavy (non-hydrogen) atoms. The predicted molar refractivity (Wildman–Crippen MR) is 114 cm³/mol. The number of carbonyl (C=O) groups excluding carboxylic acids is 1. The third-order valence-electron chi connectivity index (χ3n) is 6.08. The Bertz CT molecular complexity index is 855. The van der Waals surface area contributed by atoms with Gasteiger partial charge in [0.25, 0.3) is 0 Å². The second kappa shape index (κ2) is 9.45. The standard InChI is InChI=1S/C23H30N4O3/c1-17(28)26-15-23(19-7-11-25-12-8-19,27-13-6-18-4-9-24-10-5-18)20-2-3-21-22(14-20)30-16-29-21/h2-3,7-8,11-12,14,18,24,27H,4-6,9-10,13,15-16H2,1H3,(H,26,28). The summed E-state index contributed by atoms with van der Waals surface area (Å²) in [5.41, 5.74) is 1.48. The fourth-order valence-electron chi connectivity index (χ4n) is 4.35. The first kappa shape index (κ1) is 20.6. The summed E-state index contributed by atoms with van der Waals surface area (Å²) >= 11 is 0. The number of hydrogen-bond acceptors (Lipinski definition) is 6. The fraction of sp³-hybridized carbons (Fsp3) is 0.478. The number of nitrogens with one attached hydrogen (secondary N) is 3. The van der Waals surface area contributed by atoms with Crippen LogP contribution in [0.2, 0.25) is 0 Å². The van der Waals surface area contributed by atoms with E-state index in [4.69, 9.17) is 9.47 Å². The van der Waals surface area contributed by atoms with Crippen LogP contribution in [0.1, 0.15) is 37.3 Å². The number of aromatic nitrogens is 1. The Morgan fingerprint density at radius 3 is 2.67 bits per heavy atom. The number of piperidine rings is 1. The van der Waals surface area contributed by atoms with E-state index < -0.39 is 5.54 Å². The highest BCUT2D eigenvalue weighted by Gasteiger charge is 2.35. The number of hydrogen-bond donors (Lipinski definition) is 3. The molecule has 1 amide bonds. The molecule has 1 atom stereocenters. The second-order valence-electron chi connectivity index (χ2n) is 8.03. The van der Waals surface area contributed by atoms with Gasteiger partial charge < -0.3 is 25.4 Å². The molecule has 3 heterocycles. The fourth-order valence-corrected chi connectivity index (χ4v) is 4.35. The van der Waals surface area contributed by atoms with E-state index in [0.717, 1.165) is 48.7 Å². The number of fused-ring (bicyclic) bond motifs is 1. The molecule has 7 heteroatoms. The van der Waals surface area contributed by atoms with Gasteiger partial charge in [-0.1, -0.05) is 6.07 Å². The van der Waals surface area contributed by atoms with Gasteiger partial charge >= 0.3 is 0 Å². The number of nitrogens with zero attached hydrogens (tertiary/aromatic N) is 1. The topological polar surface area (TPSA) is 84.5 Å². The van der Waals surface area contributed by atoms with Crippen molar-refractivity contribution in [3.05, 3.63) is 53.9 Å². The predicted octanol–water partition coefficient (Wildman–Crippen LogP) is 2.17. The van der Waals surface area contributed by atoms with Crippen LogP contribution in [0.4, 0.5) is 0 Å². The van der Waals surface area contributed by atoms with Crippen molar-refractivity contribution in [2.45, 2.75) is 31.7 Å². The second-order valence-corrected chi connectivity index (χ2v) is 8.03. The van der Waals surface area contributed by atoms with Crippen molar-refractivity contribution in [1.82, 2.24) is 20.9 Å². The van der Waals surface area contributed by atoms with Gasteiger partial charge in [-0.15, -0.1) is 0 Å². The van der Waals surface area contributed by atoms with Gasteiger partial charge in [0.05, 0.1) is 5.54 Å². The number of amides is 1. The van der Waals surface area contributed by atoms with E-state index in [2.05, 4.69) is 20.9 Å². The smallest absolute Gasteiger partial charge is 0.231 e. The van der Waals surface area contributed by atoms with E-state index in [0.29, 0.717) is 12.5 Å². The van der Waals surface area contributed by atoms with E-state index in [9.17, 15) is 4.79 Å². The summed E-state index contributed by atoms with van der Waals surface area (Å²) < 4.78 is 11.1. The lowest BCUT2D eigenvalue weighted by Gasteiger charge is -2.37. The zero-order chi connectivity index (χ0) is 20.8. The maximum Gasteiger partial charge on any atom is 0.231 e. The molecule has 0 aliphatic carbocycles. The summed E-state index contributed by atoms with van der Waals surface area (Å²) in [6, 6.07) is 10.0. The minimum absolute atomic E-state index is 0.0608. The van der Waals surface area contributed by atoms with Gasteiger partial charge in [0.1, 0.15) is 0 Å². The maximum atomic E-state index is 11.9. The van der Waals surface area contributed by atoms with E-state index >= 15 is 0 Å². The zero-order valence-corrected chi connectivity index (χ0v) is 17.4. The third-order valence-corrected chi connectivity index (χ3v) is 6.08. The Labute approximate surface area is 177 Å².